The molecule has 3 heterocycles. The molecular formula is C26H27N5O2S. The molecule has 1 saturated carbocycles. The molecule has 7 nitrogen and oxygen atoms in total. The summed E-state index contributed by atoms with van der Waals surface area (Å²) in [7, 11) is 1.64. The van der Waals surface area contributed by atoms with E-state index in [2.05, 4.69) is 11.4 Å². The summed E-state index contributed by atoms with van der Waals surface area (Å²) in [5, 5.41) is 11.8. The molecule has 2 aromatic carbocycles. The highest BCUT2D eigenvalue weighted by Gasteiger charge is 2.50. The van der Waals surface area contributed by atoms with Crippen LogP contribution >= 0.6 is 11.3 Å². The molecule has 0 bridgehead atoms. The predicted octanol–water partition coefficient (Wildman–Crippen LogP) is 3.83. The van der Waals surface area contributed by atoms with Crippen molar-refractivity contribution in [2.75, 3.05) is 12.8 Å². The maximum absolute atomic E-state index is 13.6. The molecule has 2 fully saturated rings. The highest BCUT2D eigenvalue weighted by Crippen LogP contribution is 2.49. The molecule has 1 aromatic heterocycles. The zero-order chi connectivity index (χ0) is 23.8. The van der Waals surface area contributed by atoms with Gasteiger partial charge in [0.25, 0.3) is 0 Å². The zero-order valence-corrected chi connectivity index (χ0v) is 20.0. The first-order chi connectivity index (χ1) is 16.2. The lowest BCUT2D eigenvalue weighted by atomic mass is 9.76. The summed E-state index contributed by atoms with van der Waals surface area (Å²) in [5.74, 6) is 0.279. The maximum atomic E-state index is 13.6. The fraction of sp³-hybridized carbons (Fsp3) is 0.308. The second-order valence-electron chi connectivity index (χ2n) is 9.78. The molecule has 0 unspecified atom stereocenters. The van der Waals surface area contributed by atoms with E-state index in [4.69, 9.17) is 21.6 Å². The highest BCUT2D eigenvalue weighted by atomic mass is 32.1. The number of benzene rings is 2. The summed E-state index contributed by atoms with van der Waals surface area (Å²) in [6.07, 6.45) is 1.98. The number of amides is 1. The van der Waals surface area contributed by atoms with E-state index in [0.29, 0.717) is 12.3 Å². The SMILES string of the molecule is CN1C(=N)N[C@](C)(c2cc3c(s2)COc2ccc(N)cc2-3)[C@@H](c2ccc(C3(N)CC3)cc2)C1=O. The number of nitrogens with two attached hydrogens (primary N) is 2. The Bertz CT molecular complexity index is 1340. The number of nitrogens with one attached hydrogen (secondary N) is 2. The van der Waals surface area contributed by atoms with Gasteiger partial charge in [-0.2, -0.15) is 0 Å². The van der Waals surface area contributed by atoms with Gasteiger partial charge >= 0.3 is 0 Å². The number of thiophene rings is 1. The van der Waals surface area contributed by atoms with Crippen molar-refractivity contribution in [3.8, 4) is 16.9 Å². The number of guanidine groups is 1. The Balaban J connectivity index is 1.46. The average molecular weight is 474 g/mol. The molecule has 1 aliphatic carbocycles. The van der Waals surface area contributed by atoms with Crippen molar-refractivity contribution in [3.05, 3.63) is 69.4 Å². The molecule has 1 saturated heterocycles. The molecule has 6 N–H and O–H groups in total. The van der Waals surface area contributed by atoms with Gasteiger partial charge in [-0.15, -0.1) is 11.3 Å². The molecule has 174 valence electrons. The molecular weight excluding hydrogens is 446 g/mol. The molecule has 0 spiro atoms. The van der Waals surface area contributed by atoms with Crippen LogP contribution < -0.4 is 21.5 Å². The van der Waals surface area contributed by atoms with Crippen molar-refractivity contribution in [1.29, 1.82) is 5.41 Å². The maximum Gasteiger partial charge on any atom is 0.239 e. The summed E-state index contributed by atoms with van der Waals surface area (Å²) in [4.78, 5) is 17.0. The van der Waals surface area contributed by atoms with Gasteiger partial charge in [0.1, 0.15) is 12.4 Å². The summed E-state index contributed by atoms with van der Waals surface area (Å²) in [6.45, 7) is 2.48. The van der Waals surface area contributed by atoms with Gasteiger partial charge in [0.05, 0.1) is 16.3 Å². The lowest BCUT2D eigenvalue weighted by Crippen LogP contribution is -2.62. The Labute approximate surface area is 202 Å². The Kier molecular flexibility index (Phi) is 4.41. The fourth-order valence-corrected chi connectivity index (χ4v) is 6.33. The minimum Gasteiger partial charge on any atom is -0.487 e. The van der Waals surface area contributed by atoms with E-state index < -0.39 is 11.5 Å². The molecule has 2 aliphatic heterocycles. The molecule has 1 amide bonds. The number of ether oxygens (including phenoxy) is 1. The number of carbonyl (C=O) groups excluding carboxylic acids is 1. The molecule has 0 radical (unpaired) electrons. The molecule has 3 aromatic rings. The normalized spacial score (nSPS) is 24.7. The summed E-state index contributed by atoms with van der Waals surface area (Å²) in [5.41, 5.74) is 16.1. The van der Waals surface area contributed by atoms with Crippen LogP contribution in [-0.4, -0.2) is 23.8 Å². The smallest absolute Gasteiger partial charge is 0.239 e. The number of nitrogen functional groups attached to an aromatic ring is 1. The van der Waals surface area contributed by atoms with Crippen molar-refractivity contribution in [1.82, 2.24) is 10.2 Å². The van der Waals surface area contributed by atoms with E-state index in [9.17, 15) is 4.79 Å². The molecule has 8 heteroatoms. The third-order valence-corrected chi connectivity index (χ3v) is 8.80. The number of nitrogens with zero attached hydrogens (tertiary/aromatic N) is 1. The van der Waals surface area contributed by atoms with Gasteiger partial charge in [-0.05, 0) is 55.2 Å². The summed E-state index contributed by atoms with van der Waals surface area (Å²) < 4.78 is 5.97. The van der Waals surface area contributed by atoms with Crippen molar-refractivity contribution in [2.45, 2.75) is 43.4 Å². The predicted molar refractivity (Wildman–Crippen MR) is 134 cm³/mol. The molecule has 2 atom stereocenters. The minimum absolute atomic E-state index is 0.0894. The fourth-order valence-electron chi connectivity index (χ4n) is 5.11. The van der Waals surface area contributed by atoms with E-state index in [1.54, 1.807) is 18.4 Å². The van der Waals surface area contributed by atoms with E-state index in [1.807, 2.05) is 49.4 Å². The highest BCUT2D eigenvalue weighted by molar-refractivity contribution is 7.12. The minimum atomic E-state index is -0.801. The van der Waals surface area contributed by atoms with Gasteiger partial charge in [0.15, 0.2) is 5.96 Å². The molecule has 3 aliphatic rings. The Hall–Kier alpha value is -3.36. The van der Waals surface area contributed by atoms with Crippen molar-refractivity contribution >= 4 is 28.9 Å². The summed E-state index contributed by atoms with van der Waals surface area (Å²) >= 11 is 1.62. The number of hydrogen-bond donors (Lipinski definition) is 4. The number of hydrogen-bond acceptors (Lipinski definition) is 6. The number of rotatable bonds is 3. The lowest BCUT2D eigenvalue weighted by Gasteiger charge is -2.45. The van der Waals surface area contributed by atoms with Crippen molar-refractivity contribution < 1.29 is 9.53 Å². The average Bonchev–Trinajstić information content (AvgIpc) is 3.40. The number of anilines is 1. The van der Waals surface area contributed by atoms with Crippen LogP contribution in [0.2, 0.25) is 0 Å². The van der Waals surface area contributed by atoms with Crippen LogP contribution in [0.25, 0.3) is 11.1 Å². The van der Waals surface area contributed by atoms with Gasteiger partial charge < -0.3 is 21.5 Å². The topological polar surface area (TPSA) is 117 Å². The van der Waals surface area contributed by atoms with Crippen molar-refractivity contribution in [3.63, 3.8) is 0 Å². The van der Waals surface area contributed by atoms with E-state index in [1.165, 1.54) is 4.90 Å². The second-order valence-corrected chi connectivity index (χ2v) is 10.9. The Morgan fingerprint density at radius 3 is 2.59 bits per heavy atom. The van der Waals surface area contributed by atoms with Gasteiger partial charge in [0.2, 0.25) is 5.91 Å². The zero-order valence-electron chi connectivity index (χ0n) is 19.1. The van der Waals surface area contributed by atoms with Crippen LogP contribution in [0.4, 0.5) is 5.69 Å². The van der Waals surface area contributed by atoms with Crippen LogP contribution in [0, 0.1) is 5.41 Å². The van der Waals surface area contributed by atoms with Crippen LogP contribution in [0.5, 0.6) is 5.75 Å². The summed E-state index contributed by atoms with van der Waals surface area (Å²) in [6, 6.07) is 15.9. The van der Waals surface area contributed by atoms with Gasteiger partial charge in [0, 0.05) is 34.3 Å². The monoisotopic (exact) mass is 473 g/mol. The first-order valence-electron chi connectivity index (χ1n) is 11.4. The van der Waals surface area contributed by atoms with Crippen LogP contribution in [0.15, 0.2) is 48.5 Å². The molecule has 6 rings (SSSR count). The largest absolute Gasteiger partial charge is 0.487 e. The van der Waals surface area contributed by atoms with Crippen LogP contribution in [0.1, 0.15) is 46.6 Å². The number of fused-ring (bicyclic) bond motifs is 3. The van der Waals surface area contributed by atoms with E-state index >= 15 is 0 Å². The lowest BCUT2D eigenvalue weighted by molar-refractivity contribution is -0.131. The second kappa shape index (κ2) is 7.07. The van der Waals surface area contributed by atoms with Crippen LogP contribution in [0.3, 0.4) is 0 Å². The third kappa shape index (κ3) is 3.05. The Morgan fingerprint density at radius 1 is 1.15 bits per heavy atom. The van der Waals surface area contributed by atoms with E-state index in [-0.39, 0.29) is 17.4 Å². The van der Waals surface area contributed by atoms with Gasteiger partial charge in [-0.25, -0.2) is 0 Å². The van der Waals surface area contributed by atoms with Crippen molar-refractivity contribution in [2.24, 2.45) is 5.73 Å². The molecule has 34 heavy (non-hydrogen) atoms. The van der Waals surface area contributed by atoms with Gasteiger partial charge in [-0.1, -0.05) is 24.3 Å². The van der Waals surface area contributed by atoms with Crippen LogP contribution in [-0.2, 0) is 22.5 Å². The number of carbonyl (C=O) groups is 1. The quantitative estimate of drug-likeness (QED) is 0.431. The van der Waals surface area contributed by atoms with E-state index in [0.717, 1.165) is 50.6 Å². The Morgan fingerprint density at radius 2 is 1.88 bits per heavy atom. The standard InChI is InChI=1S/C26H27N5O2S/c1-25(21-12-18-17-11-16(27)7-8-19(17)33-13-20(18)34-21)22(23(32)31(2)24(28)30-25)14-3-5-15(6-4-14)26(29)9-10-26/h3-8,11-12,22H,9-10,13,27,29H2,1-2H3,(H2,28,30)/t22-,25+/m0/s1. The first kappa shape index (κ1) is 21.2. The third-order valence-electron chi connectivity index (χ3n) is 7.45. The van der Waals surface area contributed by atoms with Gasteiger partial charge in [-0.3, -0.25) is 15.1 Å². The number of likely N-dealkylation sites (N-methyl/N-ethyl adjacent to an activating group) is 1. The first-order valence-corrected chi connectivity index (χ1v) is 12.2.